The zero-order chi connectivity index (χ0) is 25.4. The van der Waals surface area contributed by atoms with Gasteiger partial charge in [0.25, 0.3) is 0 Å². The highest BCUT2D eigenvalue weighted by atomic mass is 16.5. The fraction of sp³-hybridized carbons (Fsp3) is 0.429. The Balaban J connectivity index is 0.00000167. The molecule has 35 heavy (non-hydrogen) atoms. The highest BCUT2D eigenvalue weighted by Gasteiger charge is 2.40. The van der Waals surface area contributed by atoms with Gasteiger partial charge in [-0.05, 0) is 11.0 Å². The SMILES string of the molecule is CC.CC(C)(C)C(c1nc(-c2ccccc2)nn1Cc1ccccc1)N1CC(C=O)COCC1=O. The predicted molar refractivity (Wildman–Crippen MR) is 137 cm³/mol. The molecule has 7 heteroatoms. The molecule has 1 fully saturated rings. The van der Waals surface area contributed by atoms with E-state index >= 15 is 0 Å². The molecule has 1 aliphatic rings. The van der Waals surface area contributed by atoms with E-state index < -0.39 is 0 Å². The minimum Gasteiger partial charge on any atom is -0.371 e. The standard InChI is InChI=1S/C26H30N4O3.C2H6/c1-26(2,3)23(29-14-20(16-31)17-33-18-22(29)32)25-27-24(21-12-8-5-9-13-21)28-30(25)15-19-10-6-4-7-11-19;1-2/h4-13,16,20,23H,14-15,17-18H2,1-3H3;1-2H3. The summed E-state index contributed by atoms with van der Waals surface area (Å²) in [6.45, 7) is 11.3. The van der Waals surface area contributed by atoms with Crippen molar-refractivity contribution in [3.8, 4) is 11.4 Å². The van der Waals surface area contributed by atoms with E-state index in [-0.39, 0.29) is 36.5 Å². The molecular formula is C28H36N4O3. The second kappa shape index (κ2) is 11.9. The third-order valence-corrected chi connectivity index (χ3v) is 5.79. The topological polar surface area (TPSA) is 77.3 Å². The molecule has 2 aromatic carbocycles. The Bertz CT molecular complexity index is 1090. The lowest BCUT2D eigenvalue weighted by atomic mass is 9.84. The fourth-order valence-electron chi connectivity index (χ4n) is 4.25. The van der Waals surface area contributed by atoms with Crippen molar-refractivity contribution in [3.63, 3.8) is 0 Å². The number of ether oxygens (including phenoxy) is 1. The molecule has 0 saturated carbocycles. The first-order chi connectivity index (χ1) is 16.9. The van der Waals surface area contributed by atoms with Gasteiger partial charge in [0.1, 0.15) is 12.9 Å². The molecule has 4 rings (SSSR count). The summed E-state index contributed by atoms with van der Waals surface area (Å²) in [6.07, 6.45) is 0.870. The number of aromatic nitrogens is 3. The molecule has 0 aliphatic carbocycles. The molecule has 1 aromatic heterocycles. The van der Waals surface area contributed by atoms with Crippen molar-refractivity contribution in [1.29, 1.82) is 0 Å². The number of rotatable bonds is 6. The van der Waals surface area contributed by atoms with Crippen LogP contribution in [0, 0.1) is 11.3 Å². The zero-order valence-corrected chi connectivity index (χ0v) is 21.3. The van der Waals surface area contributed by atoms with Gasteiger partial charge in [-0.2, -0.15) is 5.10 Å². The molecule has 0 radical (unpaired) electrons. The van der Waals surface area contributed by atoms with Crippen LogP contribution in [-0.4, -0.2) is 51.6 Å². The van der Waals surface area contributed by atoms with E-state index in [1.807, 2.05) is 79.2 Å². The van der Waals surface area contributed by atoms with Gasteiger partial charge in [-0.3, -0.25) is 4.79 Å². The van der Waals surface area contributed by atoms with Gasteiger partial charge >= 0.3 is 0 Å². The number of amides is 1. The van der Waals surface area contributed by atoms with Crippen LogP contribution in [0.2, 0.25) is 0 Å². The van der Waals surface area contributed by atoms with Gasteiger partial charge in [0.2, 0.25) is 5.91 Å². The van der Waals surface area contributed by atoms with Crippen LogP contribution in [0.1, 0.15) is 52.0 Å². The summed E-state index contributed by atoms with van der Waals surface area (Å²) >= 11 is 0. The van der Waals surface area contributed by atoms with Crippen molar-refractivity contribution in [1.82, 2.24) is 19.7 Å². The summed E-state index contributed by atoms with van der Waals surface area (Å²) in [7, 11) is 0. The van der Waals surface area contributed by atoms with Crippen molar-refractivity contribution >= 4 is 12.2 Å². The number of carbonyl (C=O) groups excluding carboxylic acids is 2. The van der Waals surface area contributed by atoms with Crippen LogP contribution < -0.4 is 0 Å². The maximum atomic E-state index is 13.1. The van der Waals surface area contributed by atoms with Crippen molar-refractivity contribution in [2.24, 2.45) is 11.3 Å². The zero-order valence-electron chi connectivity index (χ0n) is 21.3. The maximum absolute atomic E-state index is 13.1. The Kier molecular flexibility index (Phi) is 8.93. The molecule has 2 atom stereocenters. The minimum atomic E-state index is -0.386. The number of hydrogen-bond acceptors (Lipinski definition) is 5. The summed E-state index contributed by atoms with van der Waals surface area (Å²) in [6, 6.07) is 19.5. The average Bonchev–Trinajstić information content (AvgIpc) is 3.17. The lowest BCUT2D eigenvalue weighted by molar-refractivity contribution is -0.139. The highest BCUT2D eigenvalue weighted by Crippen LogP contribution is 2.39. The number of benzene rings is 2. The van der Waals surface area contributed by atoms with Crippen molar-refractivity contribution in [2.75, 3.05) is 19.8 Å². The Labute approximate surface area is 208 Å². The number of carbonyl (C=O) groups is 2. The number of aldehydes is 1. The van der Waals surface area contributed by atoms with Gasteiger partial charge in [0, 0.05) is 12.1 Å². The molecular weight excluding hydrogens is 440 g/mol. The van der Waals surface area contributed by atoms with Gasteiger partial charge in [0.15, 0.2) is 11.6 Å². The van der Waals surface area contributed by atoms with E-state index in [1.54, 1.807) is 4.90 Å². The van der Waals surface area contributed by atoms with Crippen LogP contribution in [0.5, 0.6) is 0 Å². The fourth-order valence-corrected chi connectivity index (χ4v) is 4.25. The quantitative estimate of drug-likeness (QED) is 0.479. The summed E-state index contributed by atoms with van der Waals surface area (Å²) < 4.78 is 7.37. The summed E-state index contributed by atoms with van der Waals surface area (Å²) in [5.41, 5.74) is 1.64. The van der Waals surface area contributed by atoms with Gasteiger partial charge in [-0.1, -0.05) is 95.3 Å². The van der Waals surface area contributed by atoms with Crippen LogP contribution in [0.3, 0.4) is 0 Å². The van der Waals surface area contributed by atoms with E-state index in [0.29, 0.717) is 24.7 Å². The van der Waals surface area contributed by atoms with Crippen molar-refractivity contribution in [2.45, 2.75) is 47.2 Å². The second-order valence-electron chi connectivity index (χ2n) is 9.53. The third-order valence-electron chi connectivity index (χ3n) is 5.79. The molecule has 7 nitrogen and oxygen atoms in total. The lowest BCUT2D eigenvalue weighted by Crippen LogP contribution is -2.45. The number of hydrogen-bond donors (Lipinski definition) is 0. The monoisotopic (exact) mass is 476 g/mol. The lowest BCUT2D eigenvalue weighted by Gasteiger charge is -2.39. The summed E-state index contributed by atoms with van der Waals surface area (Å²) in [4.78, 5) is 31.5. The van der Waals surface area contributed by atoms with Crippen molar-refractivity contribution < 1.29 is 14.3 Å². The first-order valence-electron chi connectivity index (χ1n) is 12.2. The Morgan fingerprint density at radius 2 is 1.69 bits per heavy atom. The molecule has 1 aliphatic heterocycles. The van der Waals surface area contributed by atoms with E-state index in [9.17, 15) is 9.59 Å². The largest absolute Gasteiger partial charge is 0.371 e. The highest BCUT2D eigenvalue weighted by molar-refractivity contribution is 5.79. The van der Waals surface area contributed by atoms with Crippen LogP contribution in [0.15, 0.2) is 60.7 Å². The van der Waals surface area contributed by atoms with Crippen molar-refractivity contribution in [3.05, 3.63) is 72.1 Å². The third kappa shape index (κ3) is 6.42. The van der Waals surface area contributed by atoms with Gasteiger partial charge in [0.05, 0.1) is 25.1 Å². The van der Waals surface area contributed by atoms with Gasteiger partial charge in [-0.15, -0.1) is 0 Å². The maximum Gasteiger partial charge on any atom is 0.249 e. The van der Waals surface area contributed by atoms with Gasteiger partial charge in [-0.25, -0.2) is 9.67 Å². The first kappa shape index (κ1) is 26.3. The molecule has 3 aromatic rings. The molecule has 0 N–H and O–H groups in total. The average molecular weight is 477 g/mol. The number of nitrogens with zero attached hydrogens (tertiary/aromatic N) is 4. The van der Waals surface area contributed by atoms with Gasteiger partial charge < -0.3 is 14.4 Å². The Hall–Kier alpha value is -3.32. The normalized spacial score (nSPS) is 17.2. The predicted octanol–water partition coefficient (Wildman–Crippen LogP) is 4.78. The van der Waals surface area contributed by atoms with E-state index in [4.69, 9.17) is 14.8 Å². The molecule has 2 unspecified atom stereocenters. The molecule has 186 valence electrons. The van der Waals surface area contributed by atoms with Crippen LogP contribution >= 0.6 is 0 Å². The minimum absolute atomic E-state index is 0.0463. The molecule has 0 spiro atoms. The molecule has 1 amide bonds. The van der Waals surface area contributed by atoms with Crippen LogP contribution in [0.25, 0.3) is 11.4 Å². The first-order valence-corrected chi connectivity index (χ1v) is 12.2. The van der Waals surface area contributed by atoms with Crippen LogP contribution in [-0.2, 0) is 20.9 Å². The Morgan fingerprint density at radius 1 is 1.06 bits per heavy atom. The smallest absolute Gasteiger partial charge is 0.249 e. The van der Waals surface area contributed by atoms with E-state index in [0.717, 1.165) is 17.4 Å². The van der Waals surface area contributed by atoms with E-state index in [1.165, 1.54) is 0 Å². The summed E-state index contributed by atoms with van der Waals surface area (Å²) in [5.74, 6) is 0.793. The summed E-state index contributed by atoms with van der Waals surface area (Å²) in [5, 5.41) is 4.86. The second-order valence-corrected chi connectivity index (χ2v) is 9.53. The molecule has 0 bridgehead atoms. The molecule has 1 saturated heterocycles. The Morgan fingerprint density at radius 3 is 2.29 bits per heavy atom. The van der Waals surface area contributed by atoms with E-state index in [2.05, 4.69) is 20.8 Å². The van der Waals surface area contributed by atoms with Crippen LogP contribution in [0.4, 0.5) is 0 Å². The molecule has 2 heterocycles.